The fourth-order valence-electron chi connectivity index (χ4n) is 3.05. The molecule has 0 saturated carbocycles. The standard InChI is InChI=1S/C22H32F3NO2/c1-3-5-6-10-13-20(14-16-22(23,24)25)26(17-15-21(27)28-4-2)18-19-11-8-7-9-12-19/h7-9,11-12,14,16,20H,3-6,10,13,15,17-18H2,1-2H3/b16-14+. The topological polar surface area (TPSA) is 29.5 Å². The molecule has 0 aliphatic rings. The van der Waals surface area contributed by atoms with Gasteiger partial charge in [0.25, 0.3) is 0 Å². The minimum absolute atomic E-state index is 0.159. The van der Waals surface area contributed by atoms with Crippen molar-refractivity contribution in [2.45, 2.75) is 71.1 Å². The Morgan fingerprint density at radius 2 is 1.86 bits per heavy atom. The number of rotatable bonds is 13. The summed E-state index contributed by atoms with van der Waals surface area (Å²) in [6, 6.07) is 9.21. The van der Waals surface area contributed by atoms with Gasteiger partial charge in [0.2, 0.25) is 0 Å². The minimum Gasteiger partial charge on any atom is -0.466 e. The first-order valence-corrected chi connectivity index (χ1v) is 10.1. The zero-order valence-corrected chi connectivity index (χ0v) is 16.9. The Balaban J connectivity index is 2.93. The minimum atomic E-state index is -4.35. The third-order valence-electron chi connectivity index (χ3n) is 4.47. The lowest BCUT2D eigenvalue weighted by Gasteiger charge is -2.30. The second-order valence-electron chi connectivity index (χ2n) is 6.83. The van der Waals surface area contributed by atoms with Gasteiger partial charge in [-0.15, -0.1) is 0 Å². The van der Waals surface area contributed by atoms with E-state index in [9.17, 15) is 18.0 Å². The van der Waals surface area contributed by atoms with Crippen LogP contribution in [0.1, 0.15) is 57.9 Å². The van der Waals surface area contributed by atoms with Crippen molar-refractivity contribution in [2.24, 2.45) is 0 Å². The van der Waals surface area contributed by atoms with Crippen LogP contribution in [-0.4, -0.2) is 36.2 Å². The molecule has 1 atom stereocenters. The summed E-state index contributed by atoms with van der Waals surface area (Å²) in [7, 11) is 0. The van der Waals surface area contributed by atoms with Gasteiger partial charge in [0.15, 0.2) is 0 Å². The van der Waals surface area contributed by atoms with Crippen molar-refractivity contribution in [3.63, 3.8) is 0 Å². The van der Waals surface area contributed by atoms with E-state index < -0.39 is 6.18 Å². The highest BCUT2D eigenvalue weighted by Gasteiger charge is 2.25. The van der Waals surface area contributed by atoms with Crippen molar-refractivity contribution in [3.05, 3.63) is 48.0 Å². The molecule has 0 radical (unpaired) electrons. The van der Waals surface area contributed by atoms with Gasteiger partial charge in [-0.25, -0.2) is 0 Å². The van der Waals surface area contributed by atoms with Crippen LogP contribution in [0, 0.1) is 0 Å². The molecule has 3 nitrogen and oxygen atoms in total. The normalized spacial score (nSPS) is 13.2. The quantitative estimate of drug-likeness (QED) is 0.235. The van der Waals surface area contributed by atoms with Gasteiger partial charge in [-0.2, -0.15) is 13.2 Å². The molecular formula is C22H32F3NO2. The van der Waals surface area contributed by atoms with Crippen LogP contribution in [0.2, 0.25) is 0 Å². The van der Waals surface area contributed by atoms with Gasteiger partial charge in [-0.3, -0.25) is 9.69 Å². The molecule has 0 saturated heterocycles. The molecule has 0 spiro atoms. The number of hydrogen-bond donors (Lipinski definition) is 0. The van der Waals surface area contributed by atoms with Crippen LogP contribution in [-0.2, 0) is 16.1 Å². The lowest BCUT2D eigenvalue weighted by molar-refractivity contribution is -0.143. The summed E-state index contributed by atoms with van der Waals surface area (Å²) in [5.41, 5.74) is 1.00. The summed E-state index contributed by atoms with van der Waals surface area (Å²) in [6.45, 7) is 4.98. The van der Waals surface area contributed by atoms with Crippen LogP contribution in [0.3, 0.4) is 0 Å². The third-order valence-corrected chi connectivity index (χ3v) is 4.47. The Labute approximate surface area is 166 Å². The summed E-state index contributed by atoms with van der Waals surface area (Å²) in [5, 5.41) is 0. The van der Waals surface area contributed by atoms with Crippen LogP contribution in [0.5, 0.6) is 0 Å². The number of halogens is 3. The Kier molecular flexibility index (Phi) is 11.6. The van der Waals surface area contributed by atoms with E-state index in [2.05, 4.69) is 6.92 Å². The Bertz CT molecular complexity index is 573. The summed E-state index contributed by atoms with van der Waals surface area (Å²) in [4.78, 5) is 13.7. The monoisotopic (exact) mass is 399 g/mol. The Morgan fingerprint density at radius 1 is 1.14 bits per heavy atom. The van der Waals surface area contributed by atoms with Crippen LogP contribution in [0.25, 0.3) is 0 Å². The number of carbonyl (C=O) groups excluding carboxylic acids is 1. The fraction of sp³-hybridized carbons (Fsp3) is 0.591. The van der Waals surface area contributed by atoms with Crippen molar-refractivity contribution >= 4 is 5.97 Å². The van der Waals surface area contributed by atoms with Crippen molar-refractivity contribution in [3.8, 4) is 0 Å². The van der Waals surface area contributed by atoms with E-state index in [1.165, 1.54) is 6.08 Å². The molecule has 0 fully saturated rings. The highest BCUT2D eigenvalue weighted by molar-refractivity contribution is 5.69. The largest absolute Gasteiger partial charge is 0.466 e. The fourth-order valence-corrected chi connectivity index (χ4v) is 3.05. The van der Waals surface area contributed by atoms with Gasteiger partial charge in [-0.1, -0.05) is 69.0 Å². The number of alkyl halides is 3. The van der Waals surface area contributed by atoms with Crippen molar-refractivity contribution in [2.75, 3.05) is 13.2 Å². The predicted molar refractivity (Wildman–Crippen MR) is 106 cm³/mol. The molecule has 1 rings (SSSR count). The van der Waals surface area contributed by atoms with E-state index in [0.717, 1.165) is 31.2 Å². The summed E-state index contributed by atoms with van der Waals surface area (Å²) in [6.07, 6.45) is 1.97. The van der Waals surface area contributed by atoms with E-state index in [1.54, 1.807) is 6.92 Å². The van der Waals surface area contributed by atoms with E-state index in [1.807, 2.05) is 35.2 Å². The second kappa shape index (κ2) is 13.4. The van der Waals surface area contributed by atoms with Gasteiger partial charge in [0.1, 0.15) is 0 Å². The first kappa shape index (κ1) is 24.2. The molecule has 0 aliphatic carbocycles. The van der Waals surface area contributed by atoms with Crippen molar-refractivity contribution in [1.29, 1.82) is 0 Å². The van der Waals surface area contributed by atoms with E-state index in [0.29, 0.717) is 32.2 Å². The van der Waals surface area contributed by atoms with Gasteiger partial charge in [0.05, 0.1) is 13.0 Å². The zero-order chi connectivity index (χ0) is 20.8. The number of carbonyl (C=O) groups is 1. The summed E-state index contributed by atoms with van der Waals surface area (Å²) >= 11 is 0. The average Bonchev–Trinajstić information content (AvgIpc) is 2.65. The molecule has 0 bridgehead atoms. The van der Waals surface area contributed by atoms with Gasteiger partial charge < -0.3 is 4.74 Å². The maximum atomic E-state index is 12.8. The maximum Gasteiger partial charge on any atom is 0.409 e. The molecule has 0 aromatic heterocycles. The first-order chi connectivity index (χ1) is 13.4. The number of unbranched alkanes of at least 4 members (excludes halogenated alkanes) is 3. The second-order valence-corrected chi connectivity index (χ2v) is 6.83. The highest BCUT2D eigenvalue weighted by atomic mass is 19.4. The van der Waals surface area contributed by atoms with Gasteiger partial charge in [-0.05, 0) is 18.9 Å². The average molecular weight is 399 g/mol. The molecule has 0 aliphatic heterocycles. The highest BCUT2D eigenvalue weighted by Crippen LogP contribution is 2.21. The predicted octanol–water partition coefficient (Wildman–Crippen LogP) is 5.90. The zero-order valence-electron chi connectivity index (χ0n) is 16.9. The van der Waals surface area contributed by atoms with Gasteiger partial charge in [0, 0.05) is 25.2 Å². The molecule has 1 aromatic rings. The number of esters is 1. The summed E-state index contributed by atoms with van der Waals surface area (Å²) in [5.74, 6) is -0.329. The number of ether oxygens (including phenoxy) is 1. The number of allylic oxidation sites excluding steroid dienone is 1. The SMILES string of the molecule is CCCCCCC(/C=C/C(F)(F)F)N(CCC(=O)OCC)Cc1ccccc1. The lowest BCUT2D eigenvalue weighted by Crippen LogP contribution is -2.36. The van der Waals surface area contributed by atoms with Crippen LogP contribution in [0.4, 0.5) is 13.2 Å². The molecule has 1 aromatic carbocycles. The van der Waals surface area contributed by atoms with Crippen LogP contribution < -0.4 is 0 Å². The molecule has 0 amide bonds. The number of hydrogen-bond acceptors (Lipinski definition) is 3. The maximum absolute atomic E-state index is 12.8. The lowest BCUT2D eigenvalue weighted by atomic mass is 10.0. The molecule has 158 valence electrons. The number of benzene rings is 1. The molecule has 0 N–H and O–H groups in total. The smallest absolute Gasteiger partial charge is 0.409 e. The van der Waals surface area contributed by atoms with Crippen LogP contribution >= 0.6 is 0 Å². The summed E-state index contributed by atoms with van der Waals surface area (Å²) < 4.78 is 43.3. The van der Waals surface area contributed by atoms with E-state index >= 15 is 0 Å². The first-order valence-electron chi connectivity index (χ1n) is 10.1. The molecule has 0 heterocycles. The van der Waals surface area contributed by atoms with Gasteiger partial charge >= 0.3 is 12.1 Å². The van der Waals surface area contributed by atoms with Crippen molar-refractivity contribution in [1.82, 2.24) is 4.90 Å². The van der Waals surface area contributed by atoms with E-state index in [4.69, 9.17) is 4.74 Å². The molecule has 1 unspecified atom stereocenters. The molecule has 6 heteroatoms. The number of nitrogens with zero attached hydrogens (tertiary/aromatic N) is 1. The van der Waals surface area contributed by atoms with Crippen molar-refractivity contribution < 1.29 is 22.7 Å². The van der Waals surface area contributed by atoms with Crippen LogP contribution in [0.15, 0.2) is 42.5 Å². The Morgan fingerprint density at radius 3 is 2.46 bits per heavy atom. The third kappa shape index (κ3) is 11.1. The van der Waals surface area contributed by atoms with E-state index in [-0.39, 0.29) is 18.4 Å². The molecular weight excluding hydrogens is 367 g/mol. The molecule has 28 heavy (non-hydrogen) atoms. The Hall–Kier alpha value is -1.82.